The molecule has 4 N–H and O–H groups in total. The molecule has 4 heterocycles. The molecule has 0 spiro atoms. The molecule has 0 amide bonds. The number of ether oxygens (including phenoxy) is 10. The van der Waals surface area contributed by atoms with Crippen LogP contribution in [-0.4, -0.2) is 157 Å². The van der Waals surface area contributed by atoms with Crippen LogP contribution in [0, 0.1) is 69.0 Å². The van der Waals surface area contributed by atoms with Crippen LogP contribution < -0.4 is 0 Å². The van der Waals surface area contributed by atoms with E-state index in [1.807, 2.05) is 0 Å². The molecule has 26 atom stereocenters. The van der Waals surface area contributed by atoms with Gasteiger partial charge >= 0.3 is 23.9 Å². The Balaban J connectivity index is 0.000000172. The third-order valence-corrected chi connectivity index (χ3v) is 25.2. The van der Waals surface area contributed by atoms with Gasteiger partial charge in [0.1, 0.15) is 37.6 Å². The Bertz CT molecular complexity index is 2320. The lowest BCUT2D eigenvalue weighted by molar-refractivity contribution is -0.315. The molecular formula is C64H96O18. The molecule has 10 fully saturated rings. The lowest BCUT2D eigenvalue weighted by atomic mass is 9.43. The van der Waals surface area contributed by atoms with Crippen molar-refractivity contribution in [1.29, 1.82) is 0 Å². The summed E-state index contributed by atoms with van der Waals surface area (Å²) in [6.45, 7) is 16.4. The van der Waals surface area contributed by atoms with Crippen LogP contribution in [-0.2, 0) is 66.5 Å². The van der Waals surface area contributed by atoms with Gasteiger partial charge in [0.25, 0.3) is 0 Å². The fourth-order valence-electron chi connectivity index (χ4n) is 20.7. The molecule has 0 aromatic rings. The van der Waals surface area contributed by atoms with E-state index in [0.29, 0.717) is 36.9 Å². The fourth-order valence-corrected chi connectivity index (χ4v) is 20.7. The van der Waals surface area contributed by atoms with E-state index >= 15 is 0 Å². The van der Waals surface area contributed by atoms with E-state index in [1.54, 1.807) is 26.0 Å². The minimum Gasteiger partial charge on any atom is -0.458 e. The van der Waals surface area contributed by atoms with Gasteiger partial charge in [0.05, 0.1) is 35.6 Å². The summed E-state index contributed by atoms with van der Waals surface area (Å²) >= 11 is 0. The van der Waals surface area contributed by atoms with Gasteiger partial charge < -0.3 is 67.8 Å². The first-order chi connectivity index (χ1) is 38.8. The van der Waals surface area contributed by atoms with E-state index in [-0.39, 0.29) is 69.5 Å². The number of aliphatic hydroxyl groups excluding tert-OH is 2. The highest BCUT2D eigenvalue weighted by molar-refractivity contribution is 5.86. The van der Waals surface area contributed by atoms with Gasteiger partial charge in [-0.15, -0.1) is 0 Å². The average molecular weight is 1150 g/mol. The largest absolute Gasteiger partial charge is 0.458 e. The van der Waals surface area contributed by atoms with Crippen LogP contribution in [0.25, 0.3) is 0 Å². The summed E-state index contributed by atoms with van der Waals surface area (Å²) in [6, 6.07) is 0. The fraction of sp³-hybridized carbons (Fsp3) is 0.875. The number of esters is 4. The first-order valence-electron chi connectivity index (χ1n) is 31.4. The normalized spacial score (nSPS) is 51.2. The van der Waals surface area contributed by atoms with Gasteiger partial charge in [-0.3, -0.25) is 9.59 Å². The van der Waals surface area contributed by atoms with Crippen molar-refractivity contribution in [3.05, 3.63) is 23.3 Å². The Hall–Kier alpha value is -3.04. The zero-order valence-electron chi connectivity index (χ0n) is 50.3. The molecular weight excluding hydrogens is 1060 g/mol. The summed E-state index contributed by atoms with van der Waals surface area (Å²) in [6.07, 6.45) is 12.7. The molecule has 12 aliphatic rings. The number of cyclic esters (lactones) is 2. The van der Waals surface area contributed by atoms with Crippen molar-refractivity contribution in [3.8, 4) is 0 Å². The Morgan fingerprint density at radius 3 is 1.26 bits per heavy atom. The number of hydrogen-bond acceptors (Lipinski definition) is 18. The third kappa shape index (κ3) is 9.98. The number of rotatable bonds is 10. The molecule has 0 bridgehead atoms. The zero-order valence-corrected chi connectivity index (χ0v) is 50.3. The van der Waals surface area contributed by atoms with Crippen molar-refractivity contribution in [2.45, 2.75) is 256 Å². The summed E-state index contributed by atoms with van der Waals surface area (Å²) in [5, 5.41) is 46.1. The van der Waals surface area contributed by atoms with Crippen LogP contribution in [0.15, 0.2) is 23.3 Å². The summed E-state index contributed by atoms with van der Waals surface area (Å²) < 4.78 is 57.8. The highest BCUT2D eigenvalue weighted by Gasteiger charge is 2.70. The summed E-state index contributed by atoms with van der Waals surface area (Å²) in [4.78, 5) is 47.5. The second-order valence-corrected chi connectivity index (χ2v) is 28.6. The molecule has 4 aliphatic heterocycles. The number of carbonyl (C=O) groups excluding carboxylic acids is 4. The van der Waals surface area contributed by atoms with Crippen LogP contribution >= 0.6 is 0 Å². The van der Waals surface area contributed by atoms with Gasteiger partial charge in [0, 0.05) is 51.0 Å². The highest BCUT2D eigenvalue weighted by atomic mass is 16.7. The smallest absolute Gasteiger partial charge is 0.331 e. The minimum absolute atomic E-state index is 0.0488. The molecule has 0 unspecified atom stereocenters. The molecule has 0 aromatic carbocycles. The van der Waals surface area contributed by atoms with Gasteiger partial charge in [-0.05, 0) is 199 Å². The highest BCUT2D eigenvalue weighted by Crippen LogP contribution is 2.72. The standard InChI is InChI=1S/2C32H48O9/c2*1-17-26(35)27(37-5)28(40-18(2)33)29(39-17)41-21-8-11-30(3)20(15-21)6-7-24-23(30)9-12-31(4)22(10-13-32(24,31)36)19-14-25(34)38-16-19/h2*14,17,20-24,26-29,35-36H,6-13,15-16H2,1-5H3/t2*17-,20+,21-,22+,23-,24+,26-,27+,28-,29-,30-,31+,32-/m00/s1. The van der Waals surface area contributed by atoms with Gasteiger partial charge in [-0.25, -0.2) is 9.59 Å². The second kappa shape index (κ2) is 22.6. The molecule has 18 heteroatoms. The Kier molecular flexibility index (Phi) is 16.7. The van der Waals surface area contributed by atoms with Crippen molar-refractivity contribution < 1.29 is 87.0 Å². The number of fused-ring (bicyclic) bond motifs is 10. The first-order valence-corrected chi connectivity index (χ1v) is 31.4. The van der Waals surface area contributed by atoms with Gasteiger partial charge in [-0.2, -0.15) is 0 Å². The quantitative estimate of drug-likeness (QED) is 0.0949. The lowest BCUT2D eigenvalue weighted by Crippen LogP contribution is -2.63. The predicted octanol–water partition coefficient (Wildman–Crippen LogP) is 7.36. The third-order valence-electron chi connectivity index (χ3n) is 25.2. The molecule has 8 saturated carbocycles. The zero-order chi connectivity index (χ0) is 58.6. The van der Waals surface area contributed by atoms with Crippen LogP contribution in [0.1, 0.15) is 171 Å². The summed E-state index contributed by atoms with van der Waals surface area (Å²) in [5.41, 5.74) is 0.441. The molecule has 460 valence electrons. The first kappa shape index (κ1) is 60.6. The molecule has 0 aromatic heterocycles. The van der Waals surface area contributed by atoms with E-state index in [1.165, 1.54) is 28.1 Å². The lowest BCUT2D eigenvalue weighted by Gasteiger charge is -2.64. The van der Waals surface area contributed by atoms with Crippen LogP contribution in [0.3, 0.4) is 0 Å². The van der Waals surface area contributed by atoms with E-state index in [0.717, 1.165) is 127 Å². The molecule has 18 nitrogen and oxygen atoms in total. The maximum atomic E-state index is 12.5. The SMILES string of the molecule is CO[C@@H]1[C@@H](O)[C@H](C)O[C@@H](O[C@H]2CC[C@@]3(C)[C@H](CC[C@@H]4[C@@H]3CC[C@]3(C)[C@@H](C5=CC(=O)OC5)CC[C@]43O)C2)[C@H]1OC(C)=O.CO[C@@H]1[C@@H](O)[C@H](C)O[C@@H](O[C@H]2CC[C@@]3(C)[C@H](CC[C@@H]4[C@@H]3CC[C@]3(C)[C@@H](C5=CC(=O)OC5)CC[C@]43O)C2)[C@H]1OC(C)=O. The van der Waals surface area contributed by atoms with Gasteiger partial charge in [-0.1, -0.05) is 27.7 Å². The van der Waals surface area contributed by atoms with Crippen molar-refractivity contribution >= 4 is 23.9 Å². The topological polar surface area (TPSA) is 241 Å². The molecule has 2 saturated heterocycles. The van der Waals surface area contributed by atoms with Gasteiger partial charge in [0.2, 0.25) is 0 Å². The Morgan fingerprint density at radius 2 is 0.915 bits per heavy atom. The Labute approximate surface area is 484 Å². The number of carbonyl (C=O) groups is 4. The van der Waals surface area contributed by atoms with Crippen LogP contribution in [0.4, 0.5) is 0 Å². The summed E-state index contributed by atoms with van der Waals surface area (Å²) in [7, 11) is 3.00. The van der Waals surface area contributed by atoms with E-state index < -0.39 is 84.6 Å². The molecule has 12 rings (SSSR count). The average Bonchev–Trinajstić information content (AvgIpc) is 4.10. The van der Waals surface area contributed by atoms with Crippen molar-refractivity contribution in [1.82, 2.24) is 0 Å². The Morgan fingerprint density at radius 1 is 0.524 bits per heavy atom. The maximum Gasteiger partial charge on any atom is 0.331 e. The van der Waals surface area contributed by atoms with Crippen molar-refractivity contribution in [2.24, 2.45) is 69.0 Å². The van der Waals surface area contributed by atoms with Crippen molar-refractivity contribution in [2.75, 3.05) is 27.4 Å². The summed E-state index contributed by atoms with van der Waals surface area (Å²) in [5.74, 6) is 1.30. The number of methoxy groups -OCH3 is 2. The van der Waals surface area contributed by atoms with Crippen molar-refractivity contribution in [3.63, 3.8) is 0 Å². The number of hydrogen-bond donors (Lipinski definition) is 4. The molecule has 8 aliphatic carbocycles. The molecule has 0 radical (unpaired) electrons. The van der Waals surface area contributed by atoms with Crippen LogP contribution in [0.5, 0.6) is 0 Å². The van der Waals surface area contributed by atoms with E-state index in [4.69, 9.17) is 47.4 Å². The predicted molar refractivity (Wildman–Crippen MR) is 295 cm³/mol. The monoisotopic (exact) mass is 1150 g/mol. The van der Waals surface area contributed by atoms with E-state index in [2.05, 4.69) is 27.7 Å². The second-order valence-electron chi connectivity index (χ2n) is 28.6. The van der Waals surface area contributed by atoms with Crippen LogP contribution in [0.2, 0.25) is 0 Å². The van der Waals surface area contributed by atoms with E-state index in [9.17, 15) is 39.6 Å². The number of aliphatic hydroxyl groups is 4. The minimum atomic E-state index is -0.926. The molecule has 82 heavy (non-hydrogen) atoms. The maximum absolute atomic E-state index is 12.5. The van der Waals surface area contributed by atoms with Gasteiger partial charge in [0.15, 0.2) is 24.8 Å².